The molecule has 3 aromatic rings. The molecule has 2 aromatic carbocycles. The van der Waals surface area contributed by atoms with E-state index in [1.165, 1.54) is 18.0 Å². The van der Waals surface area contributed by atoms with E-state index in [9.17, 15) is 9.70 Å². The van der Waals surface area contributed by atoms with Crippen LogP contribution in [-0.4, -0.2) is 36.2 Å². The van der Waals surface area contributed by atoms with Crippen LogP contribution in [0.5, 0.6) is 11.5 Å². The number of rotatable bonds is 9. The number of ether oxygens (including phenoxy) is 2. The van der Waals surface area contributed by atoms with Gasteiger partial charge in [-0.05, 0) is 67.4 Å². The van der Waals surface area contributed by atoms with Gasteiger partial charge in [0.1, 0.15) is 11.7 Å². The van der Waals surface area contributed by atoms with Gasteiger partial charge in [0.05, 0.1) is 30.6 Å². The number of hydrogen-bond donors (Lipinski definition) is 1. The van der Waals surface area contributed by atoms with Crippen molar-refractivity contribution in [3.8, 4) is 22.8 Å². The molecule has 2 heterocycles. The van der Waals surface area contributed by atoms with E-state index < -0.39 is 0 Å². The van der Waals surface area contributed by atoms with Gasteiger partial charge in [-0.1, -0.05) is 17.7 Å². The first-order valence-corrected chi connectivity index (χ1v) is 13.6. The summed E-state index contributed by atoms with van der Waals surface area (Å²) in [7, 11) is 3.22. The molecule has 0 saturated heterocycles. The minimum atomic E-state index is -0.144. The van der Waals surface area contributed by atoms with E-state index in [0.717, 1.165) is 39.2 Å². The Morgan fingerprint density at radius 3 is 2.39 bits per heavy atom. The Labute approximate surface area is 226 Å². The van der Waals surface area contributed by atoms with Gasteiger partial charge in [-0.25, -0.2) is 9.79 Å². The zero-order valence-corrected chi connectivity index (χ0v) is 23.4. The fraction of sp³-hybridized carbons (Fsp3) is 0.357. The van der Waals surface area contributed by atoms with Crippen LogP contribution in [0, 0.1) is 25.7 Å². The van der Waals surface area contributed by atoms with Crippen molar-refractivity contribution in [1.82, 2.24) is 14.5 Å². The van der Waals surface area contributed by atoms with Crippen LogP contribution in [-0.2, 0) is 19.5 Å². The Morgan fingerprint density at radius 1 is 1.08 bits per heavy atom. The van der Waals surface area contributed by atoms with Gasteiger partial charge in [0.15, 0.2) is 11.5 Å². The third-order valence-corrected chi connectivity index (χ3v) is 7.36. The molecule has 0 radical (unpaired) electrons. The van der Waals surface area contributed by atoms with Crippen molar-refractivity contribution in [1.29, 1.82) is 0 Å². The van der Waals surface area contributed by atoms with Crippen LogP contribution < -0.4 is 26.0 Å². The Morgan fingerprint density at radius 2 is 1.76 bits per heavy atom. The number of thioether (sulfide) groups is 1. The number of aryl methyl sites for hydroxylation is 4. The Bertz CT molecular complexity index is 1510. The molecule has 0 aliphatic carbocycles. The summed E-state index contributed by atoms with van der Waals surface area (Å²) in [4.78, 5) is 29.6. The number of methoxy groups -OCH3 is 2. The highest BCUT2D eigenvalue weighted by atomic mass is 32.2. The van der Waals surface area contributed by atoms with E-state index in [-0.39, 0.29) is 5.69 Å². The first-order valence-electron chi connectivity index (χ1n) is 12.3. The predicted molar refractivity (Wildman–Crippen MR) is 152 cm³/mol. The molecular formula is C28H33N5O4S. The second kappa shape index (κ2) is 11.7. The number of nitroso groups, excluding NO2 is 1. The highest BCUT2D eigenvalue weighted by molar-refractivity contribution is 8.02. The SMILES string of the molecule is COc1cc2c(cc1OC)-c1c/c(=N\c3c(C)cc(C)cc3C)n(CCN/C(=C/N=O)SC)c(=O)n1CC2. The second-order valence-corrected chi connectivity index (χ2v) is 10.0. The maximum Gasteiger partial charge on any atom is 0.330 e. The summed E-state index contributed by atoms with van der Waals surface area (Å²) in [5.74, 6) is 1.27. The van der Waals surface area contributed by atoms with Crippen LogP contribution in [0.1, 0.15) is 22.3 Å². The number of benzene rings is 2. The quantitative estimate of drug-likeness (QED) is 0.403. The summed E-state index contributed by atoms with van der Waals surface area (Å²) in [5, 5.41) is 6.67. The van der Waals surface area contributed by atoms with Gasteiger partial charge in [-0.15, -0.1) is 16.7 Å². The van der Waals surface area contributed by atoms with Crippen molar-refractivity contribution >= 4 is 17.4 Å². The lowest BCUT2D eigenvalue weighted by molar-refractivity contribution is 0.354. The second-order valence-electron chi connectivity index (χ2n) is 9.18. The number of hydrogen-bond acceptors (Lipinski definition) is 8. The first kappa shape index (κ1) is 27.3. The summed E-state index contributed by atoms with van der Waals surface area (Å²) in [6.45, 7) is 7.45. The topological polar surface area (TPSA) is 99.2 Å². The van der Waals surface area contributed by atoms with Gasteiger partial charge in [-0.2, -0.15) is 0 Å². The predicted octanol–water partition coefficient (Wildman–Crippen LogP) is 4.57. The van der Waals surface area contributed by atoms with E-state index in [0.29, 0.717) is 48.1 Å². The molecule has 10 heteroatoms. The maximum atomic E-state index is 13.9. The number of nitrogens with zero attached hydrogens (tertiary/aromatic N) is 4. The lowest BCUT2D eigenvalue weighted by Gasteiger charge is -2.24. The highest BCUT2D eigenvalue weighted by Gasteiger charge is 2.22. The standard InChI is InChI=1S/C28H33N5O4S/c1-17-11-18(2)27(19(3)12-17)31-25-15-22-21-14-24(37-5)23(36-4)13-20(21)7-9-32(22)28(34)33(25)10-8-29-26(38-6)16-30-35/h11-16,29H,7-10H2,1-6H3/b26-16-,31-25+. The van der Waals surface area contributed by atoms with Crippen molar-refractivity contribution < 1.29 is 9.47 Å². The number of nitrogens with one attached hydrogen (secondary N) is 1. The fourth-order valence-corrected chi connectivity index (χ4v) is 5.33. The number of fused-ring (bicyclic) bond motifs is 3. The minimum absolute atomic E-state index is 0.144. The number of aromatic nitrogens is 2. The Kier molecular flexibility index (Phi) is 8.41. The van der Waals surface area contributed by atoms with Gasteiger partial charge in [0, 0.05) is 31.3 Å². The molecule has 1 aromatic heterocycles. The van der Waals surface area contributed by atoms with Gasteiger partial charge in [-0.3, -0.25) is 9.13 Å². The molecule has 200 valence electrons. The molecule has 0 bridgehead atoms. The summed E-state index contributed by atoms with van der Waals surface area (Å²) in [6, 6.07) is 10.1. The molecule has 0 spiro atoms. The average Bonchev–Trinajstić information content (AvgIpc) is 2.90. The molecule has 1 N–H and O–H groups in total. The van der Waals surface area contributed by atoms with Gasteiger partial charge in [0.25, 0.3) is 0 Å². The Balaban J connectivity index is 1.92. The van der Waals surface area contributed by atoms with Crippen LogP contribution in [0.25, 0.3) is 11.3 Å². The highest BCUT2D eigenvalue weighted by Crippen LogP contribution is 2.37. The molecule has 4 rings (SSSR count). The van der Waals surface area contributed by atoms with Crippen LogP contribution in [0.3, 0.4) is 0 Å². The van der Waals surface area contributed by atoms with Crippen molar-refractivity contribution in [3.05, 3.63) is 84.7 Å². The zero-order valence-electron chi connectivity index (χ0n) is 22.6. The molecule has 9 nitrogen and oxygen atoms in total. The van der Waals surface area contributed by atoms with E-state index in [1.807, 2.05) is 38.3 Å². The van der Waals surface area contributed by atoms with Gasteiger partial charge < -0.3 is 14.8 Å². The largest absolute Gasteiger partial charge is 0.493 e. The van der Waals surface area contributed by atoms with Crippen molar-refractivity contribution in [3.63, 3.8) is 0 Å². The van der Waals surface area contributed by atoms with E-state index >= 15 is 0 Å². The minimum Gasteiger partial charge on any atom is -0.493 e. The lowest BCUT2D eigenvalue weighted by atomic mass is 9.97. The Hall–Kier alpha value is -3.79. The molecular weight excluding hydrogens is 502 g/mol. The molecule has 1 aliphatic heterocycles. The van der Waals surface area contributed by atoms with E-state index in [1.54, 1.807) is 23.4 Å². The molecule has 0 unspecified atom stereocenters. The summed E-state index contributed by atoms with van der Waals surface area (Å²) in [5.41, 5.74) is 7.32. The summed E-state index contributed by atoms with van der Waals surface area (Å²) in [6.07, 6.45) is 3.78. The van der Waals surface area contributed by atoms with Crippen LogP contribution in [0.2, 0.25) is 0 Å². The first-order chi connectivity index (χ1) is 18.3. The third-order valence-electron chi connectivity index (χ3n) is 6.67. The normalized spacial score (nSPS) is 13.1. The zero-order chi connectivity index (χ0) is 27.4. The van der Waals surface area contributed by atoms with Crippen molar-refractivity contribution in [2.75, 3.05) is 27.0 Å². The third kappa shape index (κ3) is 5.40. The van der Waals surface area contributed by atoms with E-state index in [4.69, 9.17) is 14.5 Å². The van der Waals surface area contributed by atoms with Gasteiger partial charge >= 0.3 is 5.69 Å². The molecule has 0 amide bonds. The maximum absolute atomic E-state index is 13.9. The average molecular weight is 536 g/mol. The van der Waals surface area contributed by atoms with Crippen LogP contribution in [0.4, 0.5) is 5.69 Å². The van der Waals surface area contributed by atoms with Crippen molar-refractivity contribution in [2.24, 2.45) is 10.2 Å². The van der Waals surface area contributed by atoms with Crippen LogP contribution in [0.15, 0.2) is 56.5 Å². The summed E-state index contributed by atoms with van der Waals surface area (Å²) >= 11 is 1.39. The van der Waals surface area contributed by atoms with Crippen LogP contribution >= 0.6 is 11.8 Å². The van der Waals surface area contributed by atoms with Crippen molar-refractivity contribution in [2.45, 2.75) is 40.3 Å². The molecule has 0 atom stereocenters. The van der Waals surface area contributed by atoms with E-state index in [2.05, 4.69) is 29.6 Å². The molecule has 0 saturated carbocycles. The molecule has 0 fully saturated rings. The smallest absolute Gasteiger partial charge is 0.330 e. The van der Waals surface area contributed by atoms with Gasteiger partial charge in [0.2, 0.25) is 0 Å². The molecule has 1 aliphatic rings. The lowest BCUT2D eigenvalue weighted by Crippen LogP contribution is -2.43. The summed E-state index contributed by atoms with van der Waals surface area (Å²) < 4.78 is 14.5. The fourth-order valence-electron chi connectivity index (χ4n) is 4.94. The molecule has 38 heavy (non-hydrogen) atoms. The monoisotopic (exact) mass is 535 g/mol.